The number of aromatic nitrogens is 1. The number of nitrogens with one attached hydrogen (secondary N) is 1. The van der Waals surface area contributed by atoms with E-state index in [1.807, 2.05) is 0 Å². The standard InChI is InChI=1S/C15H14F2N2O3/c1-9-15(12(20)6-7-19(9)2)22-8-13(21)18-14-10(16)4-3-5-11(14)17/h3-7H,8H2,1-2H3,(H,18,21). The van der Waals surface area contributed by atoms with Crippen molar-refractivity contribution in [2.45, 2.75) is 6.92 Å². The van der Waals surface area contributed by atoms with Gasteiger partial charge in [-0.15, -0.1) is 0 Å². The van der Waals surface area contributed by atoms with Gasteiger partial charge in [0, 0.05) is 19.3 Å². The molecule has 2 rings (SSSR count). The number of carbonyl (C=O) groups excluding carboxylic acids is 1. The molecule has 1 amide bonds. The van der Waals surface area contributed by atoms with Crippen LogP contribution in [-0.2, 0) is 11.8 Å². The van der Waals surface area contributed by atoms with E-state index in [0.717, 1.165) is 12.1 Å². The summed E-state index contributed by atoms with van der Waals surface area (Å²) >= 11 is 0. The highest BCUT2D eigenvalue weighted by Crippen LogP contribution is 2.18. The van der Waals surface area contributed by atoms with Crippen LogP contribution < -0.4 is 15.5 Å². The van der Waals surface area contributed by atoms with Gasteiger partial charge in [0.25, 0.3) is 5.91 Å². The van der Waals surface area contributed by atoms with Crippen molar-refractivity contribution >= 4 is 11.6 Å². The highest BCUT2D eigenvalue weighted by atomic mass is 19.1. The Balaban J connectivity index is 2.08. The van der Waals surface area contributed by atoms with Gasteiger partial charge in [-0.3, -0.25) is 9.59 Å². The second kappa shape index (κ2) is 6.38. The number of pyridine rings is 1. The van der Waals surface area contributed by atoms with Crippen LogP contribution in [0.1, 0.15) is 5.69 Å². The highest BCUT2D eigenvalue weighted by Gasteiger charge is 2.14. The number of halogens is 2. The molecule has 1 aromatic carbocycles. The number of para-hydroxylation sites is 1. The van der Waals surface area contributed by atoms with Crippen molar-refractivity contribution in [3.63, 3.8) is 0 Å². The molecule has 0 aliphatic heterocycles. The monoisotopic (exact) mass is 308 g/mol. The number of amides is 1. The number of benzene rings is 1. The normalized spacial score (nSPS) is 10.4. The zero-order valence-electron chi connectivity index (χ0n) is 12.0. The number of hydrogen-bond acceptors (Lipinski definition) is 3. The van der Waals surface area contributed by atoms with E-state index in [-0.39, 0.29) is 11.2 Å². The lowest BCUT2D eigenvalue weighted by Gasteiger charge is -2.12. The second-order valence-electron chi connectivity index (χ2n) is 4.64. The molecule has 0 unspecified atom stereocenters. The molecule has 0 spiro atoms. The summed E-state index contributed by atoms with van der Waals surface area (Å²) in [6, 6.07) is 4.54. The lowest BCUT2D eigenvalue weighted by molar-refractivity contribution is -0.118. The van der Waals surface area contributed by atoms with Gasteiger partial charge in [0.15, 0.2) is 12.4 Å². The van der Waals surface area contributed by atoms with E-state index < -0.39 is 29.8 Å². The molecule has 2 aromatic rings. The number of aryl methyl sites for hydroxylation is 1. The van der Waals surface area contributed by atoms with Crippen LogP contribution in [0.4, 0.5) is 14.5 Å². The maximum atomic E-state index is 13.4. The van der Waals surface area contributed by atoms with Crippen LogP contribution in [-0.4, -0.2) is 17.1 Å². The van der Waals surface area contributed by atoms with E-state index in [9.17, 15) is 18.4 Å². The fraction of sp³-hybridized carbons (Fsp3) is 0.200. The summed E-state index contributed by atoms with van der Waals surface area (Å²) in [6.45, 7) is 1.12. The van der Waals surface area contributed by atoms with E-state index in [0.29, 0.717) is 5.69 Å². The molecule has 0 saturated carbocycles. The van der Waals surface area contributed by atoms with Gasteiger partial charge < -0.3 is 14.6 Å². The molecule has 0 saturated heterocycles. The minimum Gasteiger partial charge on any atom is -0.478 e. The first-order chi connectivity index (χ1) is 10.4. The summed E-state index contributed by atoms with van der Waals surface area (Å²) in [5, 5.41) is 2.08. The van der Waals surface area contributed by atoms with E-state index >= 15 is 0 Å². The molecule has 116 valence electrons. The summed E-state index contributed by atoms with van der Waals surface area (Å²) in [7, 11) is 1.72. The first-order valence-corrected chi connectivity index (χ1v) is 6.43. The smallest absolute Gasteiger partial charge is 0.262 e. The topological polar surface area (TPSA) is 60.3 Å². The van der Waals surface area contributed by atoms with Crippen molar-refractivity contribution in [1.29, 1.82) is 0 Å². The Morgan fingerprint density at radius 2 is 1.91 bits per heavy atom. The number of rotatable bonds is 4. The van der Waals surface area contributed by atoms with E-state index in [2.05, 4.69) is 5.32 Å². The maximum Gasteiger partial charge on any atom is 0.262 e. The molecular weight excluding hydrogens is 294 g/mol. The Hall–Kier alpha value is -2.70. The number of carbonyl (C=O) groups is 1. The van der Waals surface area contributed by atoms with Crippen molar-refractivity contribution < 1.29 is 18.3 Å². The van der Waals surface area contributed by atoms with Gasteiger partial charge in [-0.1, -0.05) is 6.07 Å². The van der Waals surface area contributed by atoms with Gasteiger partial charge in [-0.2, -0.15) is 0 Å². The van der Waals surface area contributed by atoms with Crippen LogP contribution >= 0.6 is 0 Å². The van der Waals surface area contributed by atoms with Crippen LogP contribution in [0.2, 0.25) is 0 Å². The van der Waals surface area contributed by atoms with Gasteiger partial charge in [-0.05, 0) is 19.1 Å². The van der Waals surface area contributed by atoms with E-state index in [4.69, 9.17) is 4.74 Å². The largest absolute Gasteiger partial charge is 0.478 e. The van der Waals surface area contributed by atoms with Gasteiger partial charge in [0.1, 0.15) is 17.3 Å². The summed E-state index contributed by atoms with van der Waals surface area (Å²) in [5.41, 5.74) is -0.383. The summed E-state index contributed by atoms with van der Waals surface area (Å²) in [6.07, 6.45) is 1.57. The lowest BCUT2D eigenvalue weighted by Crippen LogP contribution is -2.24. The van der Waals surface area contributed by atoms with Gasteiger partial charge >= 0.3 is 0 Å². The molecule has 0 radical (unpaired) electrons. The molecule has 7 heteroatoms. The van der Waals surface area contributed by atoms with Crippen LogP contribution in [0.3, 0.4) is 0 Å². The minimum atomic E-state index is -0.889. The summed E-state index contributed by atoms with van der Waals surface area (Å²) in [4.78, 5) is 23.4. The molecule has 5 nitrogen and oxygen atoms in total. The predicted molar refractivity (Wildman–Crippen MR) is 76.9 cm³/mol. The number of ether oxygens (including phenoxy) is 1. The third kappa shape index (κ3) is 3.30. The van der Waals surface area contributed by atoms with Crippen LogP contribution in [0.5, 0.6) is 5.75 Å². The van der Waals surface area contributed by atoms with Crippen LogP contribution in [0, 0.1) is 18.6 Å². The van der Waals surface area contributed by atoms with Gasteiger partial charge in [0.2, 0.25) is 5.43 Å². The fourth-order valence-corrected chi connectivity index (χ4v) is 1.81. The molecule has 0 aliphatic carbocycles. The Labute approximate surface area is 125 Å². The summed E-state index contributed by atoms with van der Waals surface area (Å²) in [5.74, 6) is -2.52. The third-order valence-corrected chi connectivity index (χ3v) is 3.11. The molecule has 1 N–H and O–H groups in total. The van der Waals surface area contributed by atoms with Crippen molar-refractivity contribution in [2.24, 2.45) is 7.05 Å². The average molecular weight is 308 g/mol. The molecule has 0 atom stereocenters. The predicted octanol–water partition coefficient (Wildman–Crippen LogP) is 1.99. The minimum absolute atomic E-state index is 0.0224. The molecular formula is C15H14F2N2O3. The quantitative estimate of drug-likeness (QED) is 0.939. The highest BCUT2D eigenvalue weighted by molar-refractivity contribution is 5.92. The van der Waals surface area contributed by atoms with E-state index in [1.54, 1.807) is 24.7 Å². The number of nitrogens with zero attached hydrogens (tertiary/aromatic N) is 1. The molecule has 0 aliphatic rings. The number of hydrogen-bond donors (Lipinski definition) is 1. The zero-order chi connectivity index (χ0) is 16.3. The number of anilines is 1. The van der Waals surface area contributed by atoms with Crippen molar-refractivity contribution in [2.75, 3.05) is 11.9 Å². The Morgan fingerprint density at radius 3 is 2.55 bits per heavy atom. The fourth-order valence-electron chi connectivity index (χ4n) is 1.81. The Bertz CT molecular complexity index is 752. The molecule has 22 heavy (non-hydrogen) atoms. The van der Waals surface area contributed by atoms with Crippen LogP contribution in [0.25, 0.3) is 0 Å². The average Bonchev–Trinajstić information content (AvgIpc) is 2.47. The van der Waals surface area contributed by atoms with Crippen LogP contribution in [0.15, 0.2) is 35.3 Å². The van der Waals surface area contributed by atoms with Gasteiger partial charge in [-0.25, -0.2) is 8.78 Å². The summed E-state index contributed by atoms with van der Waals surface area (Å²) < 4.78 is 33.6. The first kappa shape index (κ1) is 15.7. The SMILES string of the molecule is Cc1c(OCC(=O)Nc2c(F)cccc2F)c(=O)ccn1C. The maximum absolute atomic E-state index is 13.4. The van der Waals surface area contributed by atoms with E-state index in [1.165, 1.54) is 12.1 Å². The van der Waals surface area contributed by atoms with Gasteiger partial charge in [0.05, 0.1) is 5.69 Å². The lowest BCUT2D eigenvalue weighted by atomic mass is 10.3. The zero-order valence-corrected chi connectivity index (χ0v) is 12.0. The Morgan fingerprint density at radius 1 is 1.27 bits per heavy atom. The van der Waals surface area contributed by atoms with Crippen molar-refractivity contribution in [3.05, 3.63) is 58.0 Å². The first-order valence-electron chi connectivity index (χ1n) is 6.43. The molecule has 1 aromatic heterocycles. The molecule has 0 bridgehead atoms. The third-order valence-electron chi connectivity index (χ3n) is 3.11. The Kier molecular flexibility index (Phi) is 4.55. The molecule has 0 fully saturated rings. The van der Waals surface area contributed by atoms with Crippen molar-refractivity contribution in [1.82, 2.24) is 4.57 Å². The second-order valence-corrected chi connectivity index (χ2v) is 4.64. The molecule has 1 heterocycles. The van der Waals surface area contributed by atoms with Crippen molar-refractivity contribution in [3.8, 4) is 5.75 Å².